The first kappa shape index (κ1) is 16.6. The van der Waals surface area contributed by atoms with Gasteiger partial charge in [-0.1, -0.05) is 0 Å². The summed E-state index contributed by atoms with van der Waals surface area (Å²) in [5.41, 5.74) is 3.22. The van der Waals surface area contributed by atoms with Crippen molar-refractivity contribution >= 4 is 34.7 Å². The Labute approximate surface area is 143 Å². The van der Waals surface area contributed by atoms with Gasteiger partial charge in [0.2, 0.25) is 5.91 Å². The zero-order chi connectivity index (χ0) is 16.8. The van der Waals surface area contributed by atoms with Gasteiger partial charge in [0.25, 0.3) is 0 Å². The standard InChI is InChI=1S/C17H18FN3O2S/c18-15-8-12(21-17(22)6-4-13-10-24-11-20-13)3-5-16(15)19-9-14-2-1-7-23-14/h3-6,8,10-11,14,19H,1-2,7,9H2,(H,21,22). The van der Waals surface area contributed by atoms with Crippen LogP contribution < -0.4 is 10.6 Å². The molecule has 1 aliphatic heterocycles. The van der Waals surface area contributed by atoms with Gasteiger partial charge >= 0.3 is 0 Å². The van der Waals surface area contributed by atoms with Crippen LogP contribution in [0.2, 0.25) is 0 Å². The van der Waals surface area contributed by atoms with Gasteiger partial charge in [-0.25, -0.2) is 9.37 Å². The van der Waals surface area contributed by atoms with E-state index in [1.54, 1.807) is 23.7 Å². The first-order valence-electron chi connectivity index (χ1n) is 7.73. The molecular weight excluding hydrogens is 329 g/mol. The van der Waals surface area contributed by atoms with E-state index < -0.39 is 5.82 Å². The molecule has 1 aromatic heterocycles. The van der Waals surface area contributed by atoms with Crippen LogP contribution in [-0.4, -0.2) is 30.1 Å². The van der Waals surface area contributed by atoms with Crippen molar-refractivity contribution in [3.05, 3.63) is 46.7 Å². The Kier molecular flexibility index (Phi) is 5.55. The van der Waals surface area contributed by atoms with E-state index in [2.05, 4.69) is 15.6 Å². The van der Waals surface area contributed by atoms with E-state index in [1.807, 2.05) is 5.38 Å². The summed E-state index contributed by atoms with van der Waals surface area (Å²) < 4.78 is 19.6. The predicted octanol–water partition coefficient (Wildman–Crippen LogP) is 3.53. The number of halogens is 1. The van der Waals surface area contributed by atoms with Crippen molar-refractivity contribution in [1.29, 1.82) is 0 Å². The van der Waals surface area contributed by atoms with Crippen molar-refractivity contribution in [3.63, 3.8) is 0 Å². The molecule has 3 rings (SSSR count). The van der Waals surface area contributed by atoms with Crippen LogP contribution in [0.4, 0.5) is 15.8 Å². The minimum Gasteiger partial charge on any atom is -0.380 e. The number of thiazole rings is 1. The van der Waals surface area contributed by atoms with E-state index in [0.29, 0.717) is 17.9 Å². The molecule has 126 valence electrons. The molecule has 24 heavy (non-hydrogen) atoms. The number of carbonyl (C=O) groups is 1. The SMILES string of the molecule is O=C(C=Cc1cscn1)Nc1ccc(NCC2CCCO2)c(F)c1. The number of benzene rings is 1. The van der Waals surface area contributed by atoms with Gasteiger partial charge in [0.15, 0.2) is 0 Å². The zero-order valence-corrected chi connectivity index (χ0v) is 13.8. The van der Waals surface area contributed by atoms with Crippen LogP contribution in [-0.2, 0) is 9.53 Å². The van der Waals surface area contributed by atoms with Crippen LogP contribution in [0.15, 0.2) is 35.2 Å². The van der Waals surface area contributed by atoms with Crippen molar-refractivity contribution < 1.29 is 13.9 Å². The minimum atomic E-state index is -0.408. The third kappa shape index (κ3) is 4.62. The van der Waals surface area contributed by atoms with Gasteiger partial charge < -0.3 is 15.4 Å². The Morgan fingerprint density at radius 3 is 3.12 bits per heavy atom. The molecule has 1 aromatic carbocycles. The van der Waals surface area contributed by atoms with E-state index >= 15 is 0 Å². The number of ether oxygens (including phenoxy) is 1. The van der Waals surface area contributed by atoms with Gasteiger partial charge in [-0.05, 0) is 37.1 Å². The number of amides is 1. The fraction of sp³-hybridized carbons (Fsp3) is 0.294. The smallest absolute Gasteiger partial charge is 0.248 e. The monoisotopic (exact) mass is 347 g/mol. The number of carbonyl (C=O) groups excluding carboxylic acids is 1. The highest BCUT2D eigenvalue weighted by Gasteiger charge is 2.15. The van der Waals surface area contributed by atoms with Crippen LogP contribution >= 0.6 is 11.3 Å². The maximum Gasteiger partial charge on any atom is 0.248 e. The molecule has 0 bridgehead atoms. The van der Waals surface area contributed by atoms with E-state index in [4.69, 9.17) is 4.74 Å². The first-order chi connectivity index (χ1) is 11.7. The summed E-state index contributed by atoms with van der Waals surface area (Å²) in [4.78, 5) is 15.9. The van der Waals surface area contributed by atoms with Crippen LogP contribution in [0.3, 0.4) is 0 Å². The molecule has 0 radical (unpaired) electrons. The molecule has 1 aliphatic rings. The highest BCUT2D eigenvalue weighted by Crippen LogP contribution is 2.20. The molecule has 0 spiro atoms. The van der Waals surface area contributed by atoms with E-state index in [1.165, 1.54) is 23.5 Å². The lowest BCUT2D eigenvalue weighted by Crippen LogP contribution is -2.19. The lowest BCUT2D eigenvalue weighted by Gasteiger charge is -2.13. The van der Waals surface area contributed by atoms with Gasteiger partial charge in [0.05, 0.1) is 23.0 Å². The number of anilines is 2. The fourth-order valence-electron chi connectivity index (χ4n) is 2.41. The highest BCUT2D eigenvalue weighted by atomic mass is 32.1. The minimum absolute atomic E-state index is 0.139. The quantitative estimate of drug-likeness (QED) is 0.785. The largest absolute Gasteiger partial charge is 0.380 e. The van der Waals surface area contributed by atoms with Crippen LogP contribution in [0.5, 0.6) is 0 Å². The third-order valence-electron chi connectivity index (χ3n) is 3.64. The Balaban J connectivity index is 1.54. The summed E-state index contributed by atoms with van der Waals surface area (Å²) in [6.45, 7) is 1.35. The number of rotatable bonds is 6. The summed E-state index contributed by atoms with van der Waals surface area (Å²) in [5.74, 6) is -0.739. The molecule has 0 saturated carbocycles. The maximum atomic E-state index is 14.1. The normalized spacial score (nSPS) is 17.3. The maximum absolute atomic E-state index is 14.1. The number of aromatic nitrogens is 1. The molecule has 7 heteroatoms. The van der Waals surface area contributed by atoms with Crippen LogP contribution in [0, 0.1) is 5.82 Å². The molecular formula is C17H18FN3O2S. The molecule has 2 aromatic rings. The summed E-state index contributed by atoms with van der Waals surface area (Å²) in [6.07, 6.45) is 5.16. The van der Waals surface area contributed by atoms with Crippen molar-refractivity contribution in [2.24, 2.45) is 0 Å². The Bertz CT molecular complexity index is 713. The summed E-state index contributed by atoms with van der Waals surface area (Å²) >= 11 is 1.45. The molecule has 2 heterocycles. The number of nitrogens with one attached hydrogen (secondary N) is 2. The average Bonchev–Trinajstić information content (AvgIpc) is 3.26. The van der Waals surface area contributed by atoms with Crippen molar-refractivity contribution in [2.75, 3.05) is 23.8 Å². The number of hydrogen-bond acceptors (Lipinski definition) is 5. The lowest BCUT2D eigenvalue weighted by atomic mass is 10.2. The predicted molar refractivity (Wildman–Crippen MR) is 93.6 cm³/mol. The summed E-state index contributed by atoms with van der Waals surface area (Å²) in [7, 11) is 0. The Hall–Kier alpha value is -2.25. The second-order valence-electron chi connectivity index (χ2n) is 5.45. The fourth-order valence-corrected chi connectivity index (χ4v) is 2.94. The second-order valence-corrected chi connectivity index (χ2v) is 6.17. The third-order valence-corrected chi connectivity index (χ3v) is 4.24. The summed E-state index contributed by atoms with van der Waals surface area (Å²) in [6, 6.07) is 4.58. The van der Waals surface area contributed by atoms with Crippen molar-refractivity contribution in [2.45, 2.75) is 18.9 Å². The van der Waals surface area contributed by atoms with E-state index in [-0.39, 0.29) is 12.0 Å². The highest BCUT2D eigenvalue weighted by molar-refractivity contribution is 7.07. The second kappa shape index (κ2) is 8.03. The zero-order valence-electron chi connectivity index (χ0n) is 13.0. The van der Waals surface area contributed by atoms with Crippen molar-refractivity contribution in [3.8, 4) is 0 Å². The lowest BCUT2D eigenvalue weighted by molar-refractivity contribution is -0.111. The first-order valence-corrected chi connectivity index (χ1v) is 8.67. The topological polar surface area (TPSA) is 63.2 Å². The molecule has 1 fully saturated rings. The number of hydrogen-bond donors (Lipinski definition) is 2. The molecule has 1 saturated heterocycles. The molecule has 1 unspecified atom stereocenters. The molecule has 1 amide bonds. The van der Waals surface area contributed by atoms with Gasteiger partial charge in [0, 0.05) is 30.3 Å². The van der Waals surface area contributed by atoms with Gasteiger partial charge in [-0.2, -0.15) is 0 Å². The van der Waals surface area contributed by atoms with E-state index in [9.17, 15) is 9.18 Å². The van der Waals surface area contributed by atoms with E-state index in [0.717, 1.165) is 25.1 Å². The van der Waals surface area contributed by atoms with Crippen LogP contribution in [0.1, 0.15) is 18.5 Å². The summed E-state index contributed by atoms with van der Waals surface area (Å²) in [5, 5.41) is 7.50. The molecule has 1 atom stereocenters. The molecule has 0 aliphatic carbocycles. The van der Waals surface area contributed by atoms with Crippen LogP contribution in [0.25, 0.3) is 6.08 Å². The van der Waals surface area contributed by atoms with Gasteiger partial charge in [0.1, 0.15) is 5.82 Å². The molecule has 5 nitrogen and oxygen atoms in total. The Morgan fingerprint density at radius 2 is 2.42 bits per heavy atom. The van der Waals surface area contributed by atoms with Crippen molar-refractivity contribution in [1.82, 2.24) is 4.98 Å². The number of nitrogens with zero attached hydrogens (tertiary/aromatic N) is 1. The molecule has 2 N–H and O–H groups in total. The Morgan fingerprint density at radius 1 is 1.50 bits per heavy atom. The van der Waals surface area contributed by atoms with Gasteiger partial charge in [-0.3, -0.25) is 4.79 Å². The average molecular weight is 347 g/mol. The van der Waals surface area contributed by atoms with Gasteiger partial charge in [-0.15, -0.1) is 11.3 Å².